The topological polar surface area (TPSA) is 0 Å². The van der Waals surface area contributed by atoms with Gasteiger partial charge in [0, 0.05) is 9.52 Å². The zero-order valence-electron chi connectivity index (χ0n) is 24.0. The third-order valence-electron chi connectivity index (χ3n) is 6.43. The van der Waals surface area contributed by atoms with E-state index in [2.05, 4.69) is 140 Å². The predicted molar refractivity (Wildman–Crippen MR) is 171 cm³/mol. The van der Waals surface area contributed by atoms with Gasteiger partial charge in [-0.25, -0.2) is 0 Å². The monoisotopic (exact) mass is 636 g/mol. The summed E-state index contributed by atoms with van der Waals surface area (Å²) >= 11 is -0.826. The van der Waals surface area contributed by atoms with Gasteiger partial charge < -0.3 is 0 Å². The molecule has 5 aromatic carbocycles. The second-order valence-corrected chi connectivity index (χ2v) is 14.9. The molecule has 38 heavy (non-hydrogen) atoms. The van der Waals surface area contributed by atoms with Gasteiger partial charge >= 0.3 is 37.9 Å². The van der Waals surface area contributed by atoms with Crippen LogP contribution >= 0.6 is 17.0 Å². The second-order valence-electron chi connectivity index (χ2n) is 10.2. The van der Waals surface area contributed by atoms with Gasteiger partial charge in [-0.3, -0.25) is 0 Å². The Kier molecular flexibility index (Phi) is 14.3. The summed E-state index contributed by atoms with van der Waals surface area (Å²) in [6.45, 7) is 17.7. The van der Waals surface area contributed by atoms with Gasteiger partial charge in [-0.1, -0.05) is 108 Å². The first kappa shape index (κ1) is 32.8. The van der Waals surface area contributed by atoms with E-state index in [-0.39, 0.29) is 0 Å². The Hall–Kier alpha value is -1.44. The number of hydrogen-bond donors (Lipinski definition) is 0. The molecule has 0 saturated carbocycles. The molecule has 2 radical (unpaired) electrons. The molecular formula is C34H40Cl2SiZr. The van der Waals surface area contributed by atoms with Gasteiger partial charge in [-0.05, 0) is 17.4 Å². The molecule has 5 aromatic rings. The van der Waals surface area contributed by atoms with Crippen LogP contribution in [0.25, 0.3) is 32.7 Å². The van der Waals surface area contributed by atoms with Gasteiger partial charge in [0.25, 0.3) is 0 Å². The van der Waals surface area contributed by atoms with Crippen LogP contribution in [0.4, 0.5) is 0 Å². The van der Waals surface area contributed by atoms with E-state index in [0.717, 1.165) is 9.52 Å². The van der Waals surface area contributed by atoms with Gasteiger partial charge in [0.2, 0.25) is 0 Å². The molecule has 0 unspecified atom stereocenters. The van der Waals surface area contributed by atoms with Gasteiger partial charge in [0.1, 0.15) is 0 Å². The van der Waals surface area contributed by atoms with Crippen LogP contribution in [0.3, 0.4) is 0 Å². The molecule has 4 heteroatoms. The number of benzene rings is 3. The molecule has 198 valence electrons. The quantitative estimate of drug-likeness (QED) is 0.136. The Balaban J connectivity index is 0.000000223. The SMILES string of the molecule is CC(C)c1cc2c(C(C)C)cccc2[cH-]1.C[Si]C.Cc1cc2c(-c3ccccc3)ccc(C)c2[cH-]1.[Cl][Zr+2][Cl]. The normalized spacial score (nSPS) is 10.3. The van der Waals surface area contributed by atoms with E-state index in [1.165, 1.54) is 54.9 Å². The van der Waals surface area contributed by atoms with Gasteiger partial charge in [0.15, 0.2) is 0 Å². The van der Waals surface area contributed by atoms with E-state index in [4.69, 9.17) is 17.0 Å². The van der Waals surface area contributed by atoms with Crippen LogP contribution in [0.2, 0.25) is 13.1 Å². The van der Waals surface area contributed by atoms with Crippen LogP contribution in [0.5, 0.6) is 0 Å². The molecular weight excluding hydrogens is 599 g/mol. The first-order valence-electron chi connectivity index (χ1n) is 13.1. The molecule has 0 N–H and O–H groups in total. The Morgan fingerprint density at radius 1 is 0.737 bits per heavy atom. The van der Waals surface area contributed by atoms with Crippen LogP contribution in [0, 0.1) is 13.8 Å². The first-order valence-corrected chi connectivity index (χ1v) is 21.5. The summed E-state index contributed by atoms with van der Waals surface area (Å²) in [6, 6.07) is 30.9. The van der Waals surface area contributed by atoms with Crippen molar-refractivity contribution >= 4 is 48.1 Å². The van der Waals surface area contributed by atoms with E-state index in [0.29, 0.717) is 11.8 Å². The molecule has 0 fully saturated rings. The van der Waals surface area contributed by atoms with Crippen molar-refractivity contribution < 1.29 is 20.8 Å². The first-order chi connectivity index (χ1) is 18.2. The van der Waals surface area contributed by atoms with E-state index in [1.807, 2.05) is 0 Å². The summed E-state index contributed by atoms with van der Waals surface area (Å²) in [5.41, 5.74) is 8.25. The Labute approximate surface area is 252 Å². The molecule has 0 atom stereocenters. The minimum absolute atomic E-state index is 0.608. The van der Waals surface area contributed by atoms with E-state index < -0.39 is 20.8 Å². The van der Waals surface area contributed by atoms with Crippen molar-refractivity contribution in [2.45, 2.75) is 66.5 Å². The van der Waals surface area contributed by atoms with Crippen LogP contribution in [0.15, 0.2) is 84.9 Å². The Morgan fingerprint density at radius 3 is 1.95 bits per heavy atom. The number of hydrogen-bond acceptors (Lipinski definition) is 0. The van der Waals surface area contributed by atoms with Crippen LogP contribution < -0.4 is 0 Å². The summed E-state index contributed by atoms with van der Waals surface area (Å²) in [6.07, 6.45) is 0. The fourth-order valence-corrected chi connectivity index (χ4v) is 4.58. The van der Waals surface area contributed by atoms with Gasteiger partial charge in [-0.2, -0.15) is 12.1 Å². The molecule has 0 aromatic heterocycles. The van der Waals surface area contributed by atoms with Gasteiger partial charge in [0.05, 0.1) is 0 Å². The van der Waals surface area contributed by atoms with Crippen molar-refractivity contribution in [3.05, 3.63) is 107 Å². The fourth-order valence-electron chi connectivity index (χ4n) is 4.58. The molecule has 0 aliphatic rings. The third kappa shape index (κ3) is 9.06. The van der Waals surface area contributed by atoms with Crippen LogP contribution in [-0.4, -0.2) is 9.52 Å². The second kappa shape index (κ2) is 16.6. The molecule has 0 aliphatic carbocycles. The van der Waals surface area contributed by atoms with Crippen molar-refractivity contribution in [2.75, 3.05) is 0 Å². The maximum atomic E-state index is 4.93. The number of fused-ring (bicyclic) bond motifs is 2. The molecule has 0 amide bonds. The van der Waals surface area contributed by atoms with Crippen molar-refractivity contribution in [1.82, 2.24) is 0 Å². The molecule has 0 aliphatic heterocycles. The Bertz CT molecular complexity index is 1380. The summed E-state index contributed by atoms with van der Waals surface area (Å²) in [5, 5.41) is 5.58. The predicted octanol–water partition coefficient (Wildman–Crippen LogP) is 11.8. The van der Waals surface area contributed by atoms with E-state index in [9.17, 15) is 0 Å². The van der Waals surface area contributed by atoms with E-state index >= 15 is 0 Å². The fraction of sp³-hybridized carbons (Fsp3) is 0.294. The molecule has 0 saturated heterocycles. The van der Waals surface area contributed by atoms with Crippen molar-refractivity contribution in [2.24, 2.45) is 0 Å². The average Bonchev–Trinajstić information content (AvgIpc) is 3.50. The summed E-state index contributed by atoms with van der Waals surface area (Å²) < 4.78 is 0. The van der Waals surface area contributed by atoms with E-state index in [1.54, 1.807) is 0 Å². The maximum absolute atomic E-state index is 4.93. The summed E-state index contributed by atoms with van der Waals surface area (Å²) in [4.78, 5) is 0. The summed E-state index contributed by atoms with van der Waals surface area (Å²) in [7, 11) is 11.0. The van der Waals surface area contributed by atoms with Crippen molar-refractivity contribution in [1.29, 1.82) is 0 Å². The molecule has 0 heterocycles. The molecule has 5 rings (SSSR count). The summed E-state index contributed by atoms with van der Waals surface area (Å²) in [5.74, 6) is 1.23. The third-order valence-corrected chi connectivity index (χ3v) is 6.43. The number of halogens is 2. The Morgan fingerprint density at radius 2 is 1.37 bits per heavy atom. The van der Waals surface area contributed by atoms with Crippen molar-refractivity contribution in [3.8, 4) is 11.1 Å². The van der Waals surface area contributed by atoms with Crippen molar-refractivity contribution in [3.63, 3.8) is 0 Å². The van der Waals surface area contributed by atoms with Crippen LogP contribution in [0.1, 0.15) is 61.8 Å². The zero-order valence-corrected chi connectivity index (χ0v) is 29.0. The molecule has 0 nitrogen and oxygen atoms in total. The number of aryl methyl sites for hydroxylation is 2. The van der Waals surface area contributed by atoms with Crippen LogP contribution in [-0.2, 0) is 20.8 Å². The minimum atomic E-state index is -0.826. The number of rotatable bonds is 3. The molecule has 0 bridgehead atoms. The standard InChI is InChI=1S/C17H15.C15H19.C2H6Si.2ClH.Zr/c1-12-10-16-13(2)8-9-15(17(16)11-12)14-6-4-3-5-7-14;1-10(2)13-8-12-6-5-7-14(11(3)4)15(12)9-13;1-3-2;;;/h3-11H,1-2H3;5-11H,1-4H3;1-2H3;2*1H;/q2*-1;;;;+4/p-2. The van der Waals surface area contributed by atoms with Gasteiger partial charge in [-0.15, -0.1) is 68.6 Å². The molecule has 0 spiro atoms. The zero-order chi connectivity index (χ0) is 28.2. The average molecular weight is 639 g/mol.